The van der Waals surface area contributed by atoms with Crippen LogP contribution in [0.1, 0.15) is 27.9 Å². The predicted molar refractivity (Wildman–Crippen MR) is 60.5 cm³/mol. The van der Waals surface area contributed by atoms with Gasteiger partial charge in [0, 0.05) is 12.0 Å². The molecule has 0 aromatic heterocycles. The Balaban J connectivity index is 3.13. The topological polar surface area (TPSA) is 52.3 Å². The van der Waals surface area contributed by atoms with Gasteiger partial charge in [0.05, 0.1) is 7.11 Å². The smallest absolute Gasteiger partial charge is 0.164 e. The number of benzene rings is 1. The number of rotatable bonds is 4. The van der Waals surface area contributed by atoms with Gasteiger partial charge in [0.2, 0.25) is 0 Å². The maximum absolute atomic E-state index is 11.8. The summed E-state index contributed by atoms with van der Waals surface area (Å²) in [6, 6.07) is 3.74. The summed E-state index contributed by atoms with van der Waals surface area (Å²) in [6.45, 7) is 4.22. The molecule has 0 saturated carbocycles. The van der Waals surface area contributed by atoms with Crippen molar-refractivity contribution in [1.82, 2.24) is 0 Å². The third-order valence-corrected chi connectivity index (χ3v) is 2.39. The van der Waals surface area contributed by atoms with Crippen LogP contribution in [0.15, 0.2) is 12.1 Å². The van der Waals surface area contributed by atoms with Crippen molar-refractivity contribution in [2.24, 2.45) is 5.73 Å². The largest absolute Gasteiger partial charge is 0.497 e. The molecule has 0 heterocycles. The van der Waals surface area contributed by atoms with Crippen molar-refractivity contribution >= 4 is 5.78 Å². The normalized spacial score (nSPS) is 10.1. The molecule has 0 unspecified atom stereocenters. The first-order valence-electron chi connectivity index (χ1n) is 4.98. The fraction of sp³-hybridized carbons (Fsp3) is 0.417. The highest BCUT2D eigenvalue weighted by Crippen LogP contribution is 2.22. The molecule has 0 bridgehead atoms. The van der Waals surface area contributed by atoms with Crippen LogP contribution in [-0.2, 0) is 0 Å². The molecule has 1 aromatic carbocycles. The molecule has 0 fully saturated rings. The number of nitrogens with two attached hydrogens (primary N) is 1. The number of carbonyl (C=O) groups is 1. The van der Waals surface area contributed by atoms with Gasteiger partial charge in [0.1, 0.15) is 5.75 Å². The number of ketones is 1. The van der Waals surface area contributed by atoms with Crippen molar-refractivity contribution in [3.63, 3.8) is 0 Å². The Morgan fingerprint density at radius 3 is 2.27 bits per heavy atom. The van der Waals surface area contributed by atoms with E-state index in [1.807, 2.05) is 26.0 Å². The van der Waals surface area contributed by atoms with Crippen molar-refractivity contribution < 1.29 is 9.53 Å². The zero-order valence-corrected chi connectivity index (χ0v) is 9.46. The van der Waals surface area contributed by atoms with E-state index in [4.69, 9.17) is 10.5 Å². The lowest BCUT2D eigenvalue weighted by Gasteiger charge is -2.10. The van der Waals surface area contributed by atoms with Crippen LogP contribution in [0.3, 0.4) is 0 Å². The Morgan fingerprint density at radius 1 is 1.33 bits per heavy atom. The summed E-state index contributed by atoms with van der Waals surface area (Å²) < 4.78 is 5.13. The predicted octanol–water partition coefficient (Wildman–Crippen LogP) is 1.84. The van der Waals surface area contributed by atoms with Crippen molar-refractivity contribution in [2.75, 3.05) is 13.7 Å². The second kappa shape index (κ2) is 4.94. The lowest BCUT2D eigenvalue weighted by molar-refractivity contribution is 0.0984. The number of ether oxygens (including phenoxy) is 1. The first-order chi connectivity index (χ1) is 7.10. The van der Waals surface area contributed by atoms with Crippen molar-refractivity contribution in [1.29, 1.82) is 0 Å². The minimum Gasteiger partial charge on any atom is -0.497 e. The monoisotopic (exact) mass is 207 g/mol. The van der Waals surface area contributed by atoms with Gasteiger partial charge in [-0.1, -0.05) is 0 Å². The summed E-state index contributed by atoms with van der Waals surface area (Å²) in [5.74, 6) is 0.893. The molecule has 1 aromatic rings. The average Bonchev–Trinajstić information content (AvgIpc) is 2.16. The van der Waals surface area contributed by atoms with Crippen molar-refractivity contribution in [2.45, 2.75) is 20.3 Å². The Hall–Kier alpha value is -1.35. The molecular weight excluding hydrogens is 190 g/mol. The number of hydrogen-bond acceptors (Lipinski definition) is 3. The maximum atomic E-state index is 11.8. The Bertz CT molecular complexity index is 349. The van der Waals surface area contributed by atoms with E-state index in [9.17, 15) is 4.79 Å². The highest BCUT2D eigenvalue weighted by Gasteiger charge is 2.12. The number of carbonyl (C=O) groups excluding carboxylic acids is 1. The number of Topliss-reactive ketones (excluding diaryl/α,β-unsaturated/α-hetero) is 1. The van der Waals surface area contributed by atoms with E-state index in [-0.39, 0.29) is 5.78 Å². The molecule has 0 aliphatic rings. The molecule has 82 valence electrons. The number of methoxy groups -OCH3 is 1. The van der Waals surface area contributed by atoms with Gasteiger partial charge in [-0.25, -0.2) is 0 Å². The van der Waals surface area contributed by atoms with Crippen LogP contribution in [0.2, 0.25) is 0 Å². The van der Waals surface area contributed by atoms with E-state index in [2.05, 4.69) is 0 Å². The maximum Gasteiger partial charge on any atom is 0.164 e. The first-order valence-corrected chi connectivity index (χ1v) is 4.98. The van der Waals surface area contributed by atoms with E-state index in [1.165, 1.54) is 0 Å². The van der Waals surface area contributed by atoms with Crippen LogP contribution in [0.25, 0.3) is 0 Å². The Kier molecular flexibility index (Phi) is 3.86. The molecule has 2 N–H and O–H groups in total. The molecule has 0 saturated heterocycles. The lowest BCUT2D eigenvalue weighted by atomic mass is 9.97. The molecule has 3 heteroatoms. The lowest BCUT2D eigenvalue weighted by Crippen LogP contribution is -2.11. The van der Waals surface area contributed by atoms with Crippen LogP contribution < -0.4 is 10.5 Å². The van der Waals surface area contributed by atoms with E-state index >= 15 is 0 Å². The summed E-state index contributed by atoms with van der Waals surface area (Å²) in [6.07, 6.45) is 0.397. The molecular formula is C12H17NO2. The average molecular weight is 207 g/mol. The zero-order chi connectivity index (χ0) is 11.4. The van der Waals surface area contributed by atoms with Gasteiger partial charge in [-0.15, -0.1) is 0 Å². The number of hydrogen-bond donors (Lipinski definition) is 1. The van der Waals surface area contributed by atoms with Gasteiger partial charge in [-0.2, -0.15) is 0 Å². The van der Waals surface area contributed by atoms with E-state index in [1.54, 1.807) is 7.11 Å². The van der Waals surface area contributed by atoms with Crippen molar-refractivity contribution in [3.05, 3.63) is 28.8 Å². The van der Waals surface area contributed by atoms with Crippen LogP contribution in [0, 0.1) is 13.8 Å². The van der Waals surface area contributed by atoms with Crippen molar-refractivity contribution in [3.8, 4) is 5.75 Å². The quantitative estimate of drug-likeness (QED) is 0.766. The summed E-state index contributed by atoms with van der Waals surface area (Å²) in [7, 11) is 1.62. The fourth-order valence-electron chi connectivity index (χ4n) is 1.74. The summed E-state index contributed by atoms with van der Waals surface area (Å²) >= 11 is 0. The van der Waals surface area contributed by atoms with Gasteiger partial charge in [-0.3, -0.25) is 4.79 Å². The third kappa shape index (κ3) is 2.57. The number of aryl methyl sites for hydroxylation is 2. The third-order valence-electron chi connectivity index (χ3n) is 2.39. The van der Waals surface area contributed by atoms with Gasteiger partial charge in [-0.05, 0) is 43.7 Å². The molecule has 0 aliphatic heterocycles. The fourth-order valence-corrected chi connectivity index (χ4v) is 1.74. The van der Waals surface area contributed by atoms with Crippen LogP contribution in [-0.4, -0.2) is 19.4 Å². The molecule has 0 spiro atoms. The zero-order valence-electron chi connectivity index (χ0n) is 9.46. The molecule has 0 amide bonds. The van der Waals surface area contributed by atoms with Gasteiger partial charge in [0.25, 0.3) is 0 Å². The first kappa shape index (κ1) is 11.7. The Labute approximate surface area is 90.2 Å². The van der Waals surface area contributed by atoms with E-state index in [0.29, 0.717) is 13.0 Å². The van der Waals surface area contributed by atoms with Crippen LogP contribution in [0.4, 0.5) is 0 Å². The second-order valence-corrected chi connectivity index (χ2v) is 3.60. The van der Waals surface area contributed by atoms with Crippen LogP contribution in [0.5, 0.6) is 5.75 Å². The highest BCUT2D eigenvalue weighted by molar-refractivity contribution is 5.99. The SMILES string of the molecule is COc1cc(C)c(C(=O)CCN)c(C)c1. The van der Waals surface area contributed by atoms with E-state index in [0.717, 1.165) is 22.4 Å². The highest BCUT2D eigenvalue weighted by atomic mass is 16.5. The summed E-state index contributed by atoms with van der Waals surface area (Å²) in [5.41, 5.74) is 8.06. The molecule has 3 nitrogen and oxygen atoms in total. The molecule has 0 atom stereocenters. The van der Waals surface area contributed by atoms with E-state index < -0.39 is 0 Å². The Morgan fingerprint density at radius 2 is 1.87 bits per heavy atom. The summed E-state index contributed by atoms with van der Waals surface area (Å²) in [5, 5.41) is 0. The molecule has 1 rings (SSSR count). The minimum absolute atomic E-state index is 0.107. The molecule has 0 aliphatic carbocycles. The van der Waals surface area contributed by atoms with Crippen LogP contribution >= 0.6 is 0 Å². The molecule has 15 heavy (non-hydrogen) atoms. The van der Waals surface area contributed by atoms with Gasteiger partial charge >= 0.3 is 0 Å². The van der Waals surface area contributed by atoms with Gasteiger partial charge in [0.15, 0.2) is 5.78 Å². The molecule has 0 radical (unpaired) electrons. The summed E-state index contributed by atoms with van der Waals surface area (Å²) in [4.78, 5) is 11.8. The van der Waals surface area contributed by atoms with Gasteiger partial charge < -0.3 is 10.5 Å². The standard InChI is InChI=1S/C12H17NO2/c1-8-6-10(15-3)7-9(2)12(8)11(14)4-5-13/h6-7H,4-5,13H2,1-3H3. The minimum atomic E-state index is 0.107. The second-order valence-electron chi connectivity index (χ2n) is 3.60.